The molecule has 0 radical (unpaired) electrons. The van der Waals surface area contributed by atoms with Crippen LogP contribution in [-0.4, -0.2) is 19.0 Å². The summed E-state index contributed by atoms with van der Waals surface area (Å²) in [4.78, 5) is 10.8. The highest BCUT2D eigenvalue weighted by Gasteiger charge is 2.52. The Balaban J connectivity index is 1.63. The van der Waals surface area contributed by atoms with Crippen LogP contribution in [0.4, 0.5) is 0 Å². The molecular weight excluding hydrogens is 176 g/mol. The van der Waals surface area contributed by atoms with Crippen molar-refractivity contribution >= 4 is 5.78 Å². The van der Waals surface area contributed by atoms with Crippen LogP contribution < -0.4 is 0 Å². The number of carbonyl (C=O) groups excluding carboxylic acids is 1. The van der Waals surface area contributed by atoms with Crippen molar-refractivity contribution in [1.29, 1.82) is 0 Å². The maximum absolute atomic E-state index is 10.8. The first-order chi connectivity index (χ1) is 6.63. The zero-order valence-corrected chi connectivity index (χ0v) is 9.21. The van der Waals surface area contributed by atoms with Crippen molar-refractivity contribution < 1.29 is 9.53 Å². The molecule has 0 N–H and O–H groups in total. The third kappa shape index (κ3) is 1.85. The molecule has 0 saturated heterocycles. The van der Waals surface area contributed by atoms with Gasteiger partial charge in [0.05, 0.1) is 6.10 Å². The lowest BCUT2D eigenvalue weighted by Crippen LogP contribution is -2.50. The minimum absolute atomic E-state index is 0.342. The van der Waals surface area contributed by atoms with Crippen LogP contribution in [0.15, 0.2) is 0 Å². The largest absolute Gasteiger partial charge is 0.381 e. The Hall–Kier alpha value is -0.370. The van der Waals surface area contributed by atoms with Crippen LogP contribution in [-0.2, 0) is 9.53 Å². The van der Waals surface area contributed by atoms with E-state index < -0.39 is 0 Å². The average molecular weight is 196 g/mol. The molecule has 0 atom stereocenters. The molecule has 1 spiro atoms. The Bertz CT molecular complexity index is 220. The molecule has 80 valence electrons. The van der Waals surface area contributed by atoms with E-state index in [1.165, 1.54) is 25.7 Å². The number of rotatable bonds is 4. The molecule has 0 bridgehead atoms. The number of hydrogen-bond acceptors (Lipinski definition) is 2. The van der Waals surface area contributed by atoms with E-state index in [0.29, 0.717) is 17.3 Å². The van der Waals surface area contributed by atoms with E-state index in [9.17, 15) is 4.79 Å². The molecular formula is C12H20O2. The average Bonchev–Trinajstić information content (AvgIpc) is 1.98. The molecule has 2 aliphatic carbocycles. The smallest absolute Gasteiger partial charge is 0.129 e. The van der Waals surface area contributed by atoms with Crippen LogP contribution in [0.3, 0.4) is 0 Å². The highest BCUT2D eigenvalue weighted by Crippen LogP contribution is 2.60. The fourth-order valence-corrected chi connectivity index (χ4v) is 3.18. The fourth-order valence-electron chi connectivity index (χ4n) is 3.18. The van der Waals surface area contributed by atoms with E-state index in [-0.39, 0.29) is 0 Å². The van der Waals surface area contributed by atoms with E-state index in [1.807, 2.05) is 7.11 Å². The van der Waals surface area contributed by atoms with Crippen molar-refractivity contribution in [2.75, 3.05) is 7.11 Å². The quantitative estimate of drug-likeness (QED) is 0.690. The first-order valence-electron chi connectivity index (χ1n) is 5.66. The van der Waals surface area contributed by atoms with Crippen molar-refractivity contribution in [2.24, 2.45) is 11.3 Å². The SMILES string of the molecule is COC1CC2(CC(CCC(C)=O)C2)C1. The monoisotopic (exact) mass is 196 g/mol. The second-order valence-corrected chi connectivity index (χ2v) is 5.28. The van der Waals surface area contributed by atoms with Gasteiger partial charge in [-0.25, -0.2) is 0 Å². The van der Waals surface area contributed by atoms with Crippen molar-refractivity contribution in [2.45, 2.75) is 51.6 Å². The Morgan fingerprint density at radius 1 is 1.36 bits per heavy atom. The summed E-state index contributed by atoms with van der Waals surface area (Å²) in [5.74, 6) is 1.17. The maximum Gasteiger partial charge on any atom is 0.129 e. The molecule has 0 amide bonds. The van der Waals surface area contributed by atoms with E-state index in [2.05, 4.69) is 0 Å². The summed E-state index contributed by atoms with van der Waals surface area (Å²) in [7, 11) is 1.81. The van der Waals surface area contributed by atoms with Gasteiger partial charge in [0, 0.05) is 13.5 Å². The molecule has 0 aromatic rings. The lowest BCUT2D eigenvalue weighted by atomic mass is 9.50. The fraction of sp³-hybridized carbons (Fsp3) is 0.917. The van der Waals surface area contributed by atoms with Gasteiger partial charge in [0.1, 0.15) is 5.78 Å². The predicted molar refractivity (Wildman–Crippen MR) is 55.1 cm³/mol. The van der Waals surface area contributed by atoms with Crippen molar-refractivity contribution in [1.82, 2.24) is 0 Å². The molecule has 2 nitrogen and oxygen atoms in total. The van der Waals surface area contributed by atoms with Crippen LogP contribution >= 0.6 is 0 Å². The normalized spacial score (nSPS) is 40.4. The molecule has 0 aromatic heterocycles. The zero-order chi connectivity index (χ0) is 10.2. The molecule has 2 saturated carbocycles. The van der Waals surface area contributed by atoms with Crippen LogP contribution in [0.1, 0.15) is 45.4 Å². The van der Waals surface area contributed by atoms with Gasteiger partial charge in [-0.2, -0.15) is 0 Å². The van der Waals surface area contributed by atoms with Crippen LogP contribution in [0.2, 0.25) is 0 Å². The van der Waals surface area contributed by atoms with Gasteiger partial charge >= 0.3 is 0 Å². The van der Waals surface area contributed by atoms with E-state index in [4.69, 9.17) is 4.74 Å². The number of Topliss-reactive ketones (excluding diaryl/α,β-unsaturated/α-hetero) is 1. The molecule has 2 aliphatic rings. The minimum atomic E-state index is 0.342. The second kappa shape index (κ2) is 3.65. The Kier molecular flexibility index (Phi) is 2.65. The van der Waals surface area contributed by atoms with Crippen molar-refractivity contribution in [3.63, 3.8) is 0 Å². The molecule has 0 aliphatic heterocycles. The van der Waals surface area contributed by atoms with Gasteiger partial charge in [0.25, 0.3) is 0 Å². The third-order valence-electron chi connectivity index (χ3n) is 4.00. The molecule has 0 heterocycles. The molecule has 2 rings (SSSR count). The second-order valence-electron chi connectivity index (χ2n) is 5.28. The van der Waals surface area contributed by atoms with Crippen molar-refractivity contribution in [3.05, 3.63) is 0 Å². The van der Waals surface area contributed by atoms with Crippen LogP contribution in [0.5, 0.6) is 0 Å². The minimum Gasteiger partial charge on any atom is -0.381 e. The number of ether oxygens (including phenoxy) is 1. The Labute approximate surface area is 86.0 Å². The molecule has 2 fully saturated rings. The summed E-state index contributed by atoms with van der Waals surface area (Å²) in [5, 5.41) is 0. The summed E-state index contributed by atoms with van der Waals surface area (Å²) in [6.45, 7) is 1.69. The van der Waals surface area contributed by atoms with Gasteiger partial charge in [0.15, 0.2) is 0 Å². The van der Waals surface area contributed by atoms with E-state index >= 15 is 0 Å². The standard InChI is InChI=1S/C12H20O2/c1-9(13)3-4-10-5-12(6-10)7-11(8-12)14-2/h10-11H,3-8H2,1-2H3. The summed E-state index contributed by atoms with van der Waals surface area (Å²) >= 11 is 0. The highest BCUT2D eigenvalue weighted by atomic mass is 16.5. The topological polar surface area (TPSA) is 26.3 Å². The van der Waals surface area contributed by atoms with Gasteiger partial charge in [-0.05, 0) is 50.4 Å². The van der Waals surface area contributed by atoms with Gasteiger partial charge < -0.3 is 9.53 Å². The Morgan fingerprint density at radius 2 is 2.00 bits per heavy atom. The summed E-state index contributed by atoms with van der Waals surface area (Å²) in [5.41, 5.74) is 0.641. The zero-order valence-electron chi connectivity index (χ0n) is 9.21. The van der Waals surface area contributed by atoms with Crippen molar-refractivity contribution in [3.8, 4) is 0 Å². The van der Waals surface area contributed by atoms with Gasteiger partial charge in [-0.1, -0.05) is 0 Å². The van der Waals surface area contributed by atoms with Gasteiger partial charge in [-0.3, -0.25) is 0 Å². The lowest BCUT2D eigenvalue weighted by molar-refractivity contribution is -0.130. The maximum atomic E-state index is 10.8. The lowest BCUT2D eigenvalue weighted by Gasteiger charge is -2.57. The summed E-state index contributed by atoms with van der Waals surface area (Å²) in [6, 6.07) is 0. The number of hydrogen-bond donors (Lipinski definition) is 0. The summed E-state index contributed by atoms with van der Waals surface area (Å²) in [6.07, 6.45) is 7.66. The molecule has 2 heteroatoms. The molecule has 14 heavy (non-hydrogen) atoms. The van der Waals surface area contributed by atoms with Crippen LogP contribution in [0, 0.1) is 11.3 Å². The first-order valence-corrected chi connectivity index (χ1v) is 5.66. The predicted octanol–water partition coefficient (Wildman–Crippen LogP) is 2.56. The Morgan fingerprint density at radius 3 is 2.50 bits per heavy atom. The van der Waals surface area contributed by atoms with E-state index in [0.717, 1.165) is 18.8 Å². The number of ketones is 1. The van der Waals surface area contributed by atoms with Gasteiger partial charge in [-0.15, -0.1) is 0 Å². The van der Waals surface area contributed by atoms with Crippen LogP contribution in [0.25, 0.3) is 0 Å². The molecule has 0 aromatic carbocycles. The first kappa shape index (κ1) is 10.2. The third-order valence-corrected chi connectivity index (χ3v) is 4.00. The summed E-state index contributed by atoms with van der Waals surface area (Å²) < 4.78 is 5.30. The molecule has 0 unspecified atom stereocenters. The number of methoxy groups -OCH3 is 1. The number of carbonyl (C=O) groups is 1. The van der Waals surface area contributed by atoms with E-state index in [1.54, 1.807) is 6.92 Å². The van der Waals surface area contributed by atoms with Gasteiger partial charge in [0.2, 0.25) is 0 Å². The highest BCUT2D eigenvalue weighted by molar-refractivity contribution is 5.75.